The lowest BCUT2D eigenvalue weighted by atomic mass is 9.96. The van der Waals surface area contributed by atoms with E-state index in [0.717, 1.165) is 10.9 Å². The van der Waals surface area contributed by atoms with Crippen LogP contribution in [-0.2, 0) is 11.3 Å². The van der Waals surface area contributed by atoms with Gasteiger partial charge in [0.25, 0.3) is 0 Å². The van der Waals surface area contributed by atoms with Crippen LogP contribution in [0.25, 0.3) is 10.8 Å². The molecule has 6 heteroatoms. The molecule has 0 aliphatic rings. The van der Waals surface area contributed by atoms with Gasteiger partial charge in [-0.05, 0) is 29.0 Å². The van der Waals surface area contributed by atoms with Gasteiger partial charge in [-0.25, -0.2) is 4.79 Å². The Hall–Kier alpha value is -2.60. The maximum Gasteiger partial charge on any atom is 0.407 e. The molecule has 0 fully saturated rings. The second-order valence-corrected chi connectivity index (χ2v) is 6.88. The molecular weight excluding hydrogens is 378 g/mol. The SMILES string of the molecule is O=C(NCCC(O)C(O)c1cccc2cccc(Cl)c12)OCc1ccccc1. The van der Waals surface area contributed by atoms with Crippen molar-refractivity contribution in [3.05, 3.63) is 82.9 Å². The molecule has 0 spiro atoms. The Morgan fingerprint density at radius 2 is 1.71 bits per heavy atom. The van der Waals surface area contributed by atoms with Gasteiger partial charge in [-0.15, -0.1) is 0 Å². The quantitative estimate of drug-likeness (QED) is 0.556. The van der Waals surface area contributed by atoms with Crippen molar-refractivity contribution in [3.63, 3.8) is 0 Å². The largest absolute Gasteiger partial charge is 0.445 e. The molecule has 3 N–H and O–H groups in total. The average Bonchev–Trinajstić information content (AvgIpc) is 2.72. The third-order valence-electron chi connectivity index (χ3n) is 4.49. The first-order valence-corrected chi connectivity index (χ1v) is 9.42. The highest BCUT2D eigenvalue weighted by atomic mass is 35.5. The molecule has 3 rings (SSSR count). The summed E-state index contributed by atoms with van der Waals surface area (Å²) in [6, 6.07) is 20.3. The summed E-state index contributed by atoms with van der Waals surface area (Å²) in [5.74, 6) is 0. The van der Waals surface area contributed by atoms with E-state index in [1.165, 1.54) is 0 Å². The molecule has 0 heterocycles. The highest BCUT2D eigenvalue weighted by Crippen LogP contribution is 2.32. The standard InChI is InChI=1S/C22H22ClNO4/c23-18-11-5-9-16-8-4-10-17(20(16)18)21(26)19(25)12-13-24-22(27)28-14-15-6-2-1-3-7-15/h1-11,19,21,25-26H,12-14H2,(H,24,27). The van der Waals surface area contributed by atoms with Gasteiger partial charge in [-0.1, -0.05) is 72.3 Å². The van der Waals surface area contributed by atoms with E-state index in [1.807, 2.05) is 54.6 Å². The highest BCUT2D eigenvalue weighted by molar-refractivity contribution is 6.35. The first kappa shape index (κ1) is 20.1. The number of amides is 1. The van der Waals surface area contributed by atoms with Gasteiger partial charge in [-0.2, -0.15) is 0 Å². The summed E-state index contributed by atoms with van der Waals surface area (Å²) in [5.41, 5.74) is 1.45. The molecule has 28 heavy (non-hydrogen) atoms. The van der Waals surface area contributed by atoms with Gasteiger partial charge < -0.3 is 20.3 Å². The van der Waals surface area contributed by atoms with Crippen LogP contribution in [0, 0.1) is 0 Å². The van der Waals surface area contributed by atoms with Crippen LogP contribution >= 0.6 is 11.6 Å². The topological polar surface area (TPSA) is 78.8 Å². The number of fused-ring (bicyclic) bond motifs is 1. The summed E-state index contributed by atoms with van der Waals surface area (Å²) in [5, 5.41) is 25.6. The van der Waals surface area contributed by atoms with Crippen molar-refractivity contribution in [1.82, 2.24) is 5.32 Å². The number of nitrogens with one attached hydrogen (secondary N) is 1. The molecule has 3 aromatic rings. The lowest BCUT2D eigenvalue weighted by Gasteiger charge is -2.20. The third kappa shape index (κ3) is 5.01. The minimum Gasteiger partial charge on any atom is -0.445 e. The number of carbonyl (C=O) groups excluding carboxylic acids is 1. The molecule has 1 amide bonds. The van der Waals surface area contributed by atoms with E-state index in [1.54, 1.807) is 12.1 Å². The second-order valence-electron chi connectivity index (χ2n) is 6.47. The van der Waals surface area contributed by atoms with E-state index < -0.39 is 18.3 Å². The number of hydrogen-bond donors (Lipinski definition) is 3. The highest BCUT2D eigenvalue weighted by Gasteiger charge is 2.21. The van der Waals surface area contributed by atoms with Gasteiger partial charge in [0.15, 0.2) is 0 Å². The number of carbonyl (C=O) groups is 1. The Morgan fingerprint density at radius 3 is 2.46 bits per heavy atom. The number of benzene rings is 3. The number of ether oxygens (including phenoxy) is 1. The van der Waals surface area contributed by atoms with Crippen LogP contribution < -0.4 is 5.32 Å². The van der Waals surface area contributed by atoms with Gasteiger partial charge in [0, 0.05) is 17.0 Å². The second kappa shape index (κ2) is 9.55. The maximum atomic E-state index is 11.8. The molecule has 5 nitrogen and oxygen atoms in total. The van der Waals surface area contributed by atoms with Crippen molar-refractivity contribution in [3.8, 4) is 0 Å². The van der Waals surface area contributed by atoms with E-state index in [-0.39, 0.29) is 19.6 Å². The summed E-state index contributed by atoms with van der Waals surface area (Å²) in [6.07, 6.45) is -2.58. The van der Waals surface area contributed by atoms with E-state index >= 15 is 0 Å². The van der Waals surface area contributed by atoms with Gasteiger partial charge in [-0.3, -0.25) is 0 Å². The fourth-order valence-electron chi connectivity index (χ4n) is 3.03. The monoisotopic (exact) mass is 399 g/mol. The van der Waals surface area contributed by atoms with Crippen LogP contribution in [0.3, 0.4) is 0 Å². The maximum absolute atomic E-state index is 11.8. The predicted octanol–water partition coefficient (Wildman–Crippen LogP) is 4.20. The summed E-state index contributed by atoms with van der Waals surface area (Å²) in [6.45, 7) is 0.344. The molecule has 0 aliphatic heterocycles. The number of aliphatic hydroxyl groups is 2. The molecular formula is C22H22ClNO4. The number of hydrogen-bond acceptors (Lipinski definition) is 4. The number of aliphatic hydroxyl groups excluding tert-OH is 2. The average molecular weight is 400 g/mol. The summed E-state index contributed by atoms with van der Waals surface area (Å²) < 4.78 is 5.12. The normalized spacial score (nSPS) is 13.1. The number of rotatable bonds is 7. The zero-order valence-corrected chi connectivity index (χ0v) is 16.0. The third-order valence-corrected chi connectivity index (χ3v) is 4.81. The fourth-order valence-corrected chi connectivity index (χ4v) is 3.32. The van der Waals surface area contributed by atoms with Crippen LogP contribution in [0.15, 0.2) is 66.7 Å². The van der Waals surface area contributed by atoms with Gasteiger partial charge in [0.2, 0.25) is 0 Å². The fraction of sp³-hybridized carbons (Fsp3) is 0.227. The Morgan fingerprint density at radius 1 is 1.00 bits per heavy atom. The molecule has 0 aromatic heterocycles. The summed E-state index contributed by atoms with van der Waals surface area (Å²) in [4.78, 5) is 11.8. The zero-order chi connectivity index (χ0) is 19.9. The van der Waals surface area contributed by atoms with Crippen molar-refractivity contribution >= 4 is 28.5 Å². The first-order valence-electron chi connectivity index (χ1n) is 9.04. The molecule has 2 atom stereocenters. The van der Waals surface area contributed by atoms with Crippen LogP contribution in [-0.4, -0.2) is 29.0 Å². The van der Waals surface area contributed by atoms with Crippen molar-refractivity contribution < 1.29 is 19.7 Å². The Labute approximate surface area is 168 Å². The lowest BCUT2D eigenvalue weighted by Crippen LogP contribution is -2.29. The van der Waals surface area contributed by atoms with Crippen molar-refractivity contribution in [2.75, 3.05) is 6.54 Å². The first-order chi connectivity index (χ1) is 13.6. The van der Waals surface area contributed by atoms with Gasteiger partial charge >= 0.3 is 6.09 Å². The molecule has 0 saturated carbocycles. The van der Waals surface area contributed by atoms with E-state index in [4.69, 9.17) is 16.3 Å². The molecule has 0 aliphatic carbocycles. The van der Waals surface area contributed by atoms with Crippen molar-refractivity contribution in [2.45, 2.75) is 25.2 Å². The minimum atomic E-state index is -1.12. The van der Waals surface area contributed by atoms with Gasteiger partial charge in [0.05, 0.1) is 6.10 Å². The van der Waals surface area contributed by atoms with E-state index in [2.05, 4.69) is 5.32 Å². The lowest BCUT2D eigenvalue weighted by molar-refractivity contribution is 0.0145. The van der Waals surface area contributed by atoms with Crippen LogP contribution in [0.2, 0.25) is 5.02 Å². The molecule has 0 saturated heterocycles. The van der Waals surface area contributed by atoms with Gasteiger partial charge in [0.1, 0.15) is 12.7 Å². The predicted molar refractivity (Wildman–Crippen MR) is 109 cm³/mol. The van der Waals surface area contributed by atoms with Crippen LogP contribution in [0.4, 0.5) is 4.79 Å². The molecule has 2 unspecified atom stereocenters. The van der Waals surface area contributed by atoms with E-state index in [9.17, 15) is 15.0 Å². The summed E-state index contributed by atoms with van der Waals surface area (Å²) in [7, 11) is 0. The van der Waals surface area contributed by atoms with E-state index in [0.29, 0.717) is 16.0 Å². The Kier molecular flexibility index (Phi) is 6.87. The zero-order valence-electron chi connectivity index (χ0n) is 15.2. The molecule has 0 radical (unpaired) electrons. The Bertz CT molecular complexity index is 927. The van der Waals surface area contributed by atoms with Crippen LogP contribution in [0.5, 0.6) is 0 Å². The van der Waals surface area contributed by atoms with Crippen molar-refractivity contribution in [2.24, 2.45) is 0 Å². The smallest absolute Gasteiger partial charge is 0.407 e. The number of halogens is 1. The Balaban J connectivity index is 1.52. The summed E-state index contributed by atoms with van der Waals surface area (Å²) >= 11 is 6.28. The molecule has 0 bridgehead atoms. The van der Waals surface area contributed by atoms with Crippen LogP contribution in [0.1, 0.15) is 23.7 Å². The minimum absolute atomic E-state index is 0.169. The molecule has 3 aromatic carbocycles. The number of alkyl carbamates (subject to hydrolysis) is 1. The molecule has 146 valence electrons. The van der Waals surface area contributed by atoms with Crippen molar-refractivity contribution in [1.29, 1.82) is 0 Å².